The van der Waals surface area contributed by atoms with Gasteiger partial charge in [0.15, 0.2) is 0 Å². The molecule has 3 aliphatic rings. The fourth-order valence-electron chi connectivity index (χ4n) is 4.98. The summed E-state index contributed by atoms with van der Waals surface area (Å²) < 4.78 is 5.04. The number of imide groups is 1. The summed E-state index contributed by atoms with van der Waals surface area (Å²) in [5.74, 6) is -3.21. The van der Waals surface area contributed by atoms with Crippen molar-refractivity contribution in [2.75, 3.05) is 25.6 Å². The van der Waals surface area contributed by atoms with E-state index in [1.807, 2.05) is 19.1 Å². The van der Waals surface area contributed by atoms with Crippen LogP contribution in [0.2, 0.25) is 0 Å². The number of ether oxygens (including phenoxy) is 1. The molecule has 1 spiro atoms. The van der Waals surface area contributed by atoms with Crippen molar-refractivity contribution >= 4 is 29.3 Å². The summed E-state index contributed by atoms with van der Waals surface area (Å²) in [6.07, 6.45) is 0.322. The van der Waals surface area contributed by atoms with Crippen LogP contribution >= 0.6 is 0 Å². The van der Waals surface area contributed by atoms with Crippen LogP contribution in [-0.4, -0.2) is 54.8 Å². The second-order valence-corrected chi connectivity index (χ2v) is 7.84. The number of anilines is 1. The number of methoxy groups -OCH3 is 1. The van der Waals surface area contributed by atoms with Gasteiger partial charge in [-0.05, 0) is 18.9 Å². The lowest BCUT2D eigenvalue weighted by atomic mass is 9.76. The molecule has 2 fully saturated rings. The van der Waals surface area contributed by atoms with E-state index in [-0.39, 0.29) is 37.8 Å². The summed E-state index contributed by atoms with van der Waals surface area (Å²) in [7, 11) is 1.49. The number of carbonyl (C=O) groups excluding carboxylic acids is 4. The molecule has 2 saturated heterocycles. The molecule has 3 heterocycles. The first-order chi connectivity index (χ1) is 13.8. The molecule has 4 amide bonds. The zero-order chi connectivity index (χ0) is 20.9. The van der Waals surface area contributed by atoms with Gasteiger partial charge in [-0.2, -0.15) is 0 Å². The molecule has 0 saturated carbocycles. The van der Waals surface area contributed by atoms with Gasteiger partial charge in [-0.15, -0.1) is 0 Å². The normalized spacial score (nSPS) is 30.1. The molecule has 0 aliphatic carbocycles. The SMILES string of the molecule is COCCN1C(=O)[C@@H]2C(CCC(N)=O)NC3(C(=O)Nc4c(C)cccc43)[C@@H]2C1=O. The highest BCUT2D eigenvalue weighted by atomic mass is 16.5. The Morgan fingerprint density at radius 2 is 2.03 bits per heavy atom. The van der Waals surface area contributed by atoms with Crippen LogP contribution in [0.15, 0.2) is 18.2 Å². The standard InChI is InChI=1S/C20H24N4O5/c1-10-4-3-5-11-16(10)22-19(28)20(11)15-14(12(23-20)6-7-13(21)25)17(26)24(18(15)27)8-9-29-2/h3-5,12,14-15,23H,6-9H2,1-2H3,(H2,21,25)(H,22,28)/t12?,14-,15+,20?/m1/s1. The van der Waals surface area contributed by atoms with Crippen molar-refractivity contribution in [3.05, 3.63) is 29.3 Å². The van der Waals surface area contributed by atoms with Crippen molar-refractivity contribution in [1.82, 2.24) is 10.2 Å². The molecule has 0 aromatic heterocycles. The number of nitrogens with zero attached hydrogens (tertiary/aromatic N) is 1. The molecule has 29 heavy (non-hydrogen) atoms. The lowest BCUT2D eigenvalue weighted by molar-refractivity contribution is -0.143. The van der Waals surface area contributed by atoms with Crippen molar-refractivity contribution in [1.29, 1.82) is 0 Å². The zero-order valence-corrected chi connectivity index (χ0v) is 16.4. The molecule has 1 aromatic rings. The number of benzene rings is 1. The third-order valence-corrected chi connectivity index (χ3v) is 6.27. The number of hydrogen-bond acceptors (Lipinski definition) is 6. The predicted octanol–water partition coefficient (Wildman–Crippen LogP) is -0.373. The average Bonchev–Trinajstić information content (AvgIpc) is 3.25. The first kappa shape index (κ1) is 19.5. The lowest BCUT2D eigenvalue weighted by Gasteiger charge is -2.29. The first-order valence-corrected chi connectivity index (χ1v) is 9.64. The van der Waals surface area contributed by atoms with Gasteiger partial charge in [0.2, 0.25) is 23.6 Å². The summed E-state index contributed by atoms with van der Waals surface area (Å²) in [5, 5.41) is 6.17. The lowest BCUT2D eigenvalue weighted by Crippen LogP contribution is -2.53. The van der Waals surface area contributed by atoms with Crippen molar-refractivity contribution in [3.63, 3.8) is 0 Å². The van der Waals surface area contributed by atoms with Gasteiger partial charge in [0.25, 0.3) is 0 Å². The highest BCUT2D eigenvalue weighted by molar-refractivity contribution is 6.15. The number of para-hydroxylation sites is 1. The molecule has 4 N–H and O–H groups in total. The number of nitrogens with two attached hydrogens (primary N) is 1. The number of carbonyl (C=O) groups is 4. The number of nitrogens with one attached hydrogen (secondary N) is 2. The molecular weight excluding hydrogens is 376 g/mol. The van der Waals surface area contributed by atoms with Crippen LogP contribution in [0.4, 0.5) is 5.69 Å². The minimum Gasteiger partial charge on any atom is -0.383 e. The highest BCUT2D eigenvalue weighted by Crippen LogP contribution is 2.53. The fraction of sp³-hybridized carbons (Fsp3) is 0.500. The van der Waals surface area contributed by atoms with Gasteiger partial charge in [-0.3, -0.25) is 29.4 Å². The van der Waals surface area contributed by atoms with Gasteiger partial charge in [0.05, 0.1) is 25.0 Å². The monoisotopic (exact) mass is 400 g/mol. The Bertz CT molecular complexity index is 916. The van der Waals surface area contributed by atoms with E-state index in [0.29, 0.717) is 11.3 Å². The van der Waals surface area contributed by atoms with E-state index in [1.54, 1.807) is 6.07 Å². The van der Waals surface area contributed by atoms with Crippen LogP contribution in [0.3, 0.4) is 0 Å². The van der Waals surface area contributed by atoms with Crippen molar-refractivity contribution in [2.45, 2.75) is 31.3 Å². The molecule has 154 valence electrons. The number of aryl methyl sites for hydroxylation is 1. The largest absolute Gasteiger partial charge is 0.383 e. The third-order valence-electron chi connectivity index (χ3n) is 6.27. The molecule has 4 atom stereocenters. The van der Waals surface area contributed by atoms with Gasteiger partial charge in [0.1, 0.15) is 5.54 Å². The minimum absolute atomic E-state index is 0.0544. The van der Waals surface area contributed by atoms with Gasteiger partial charge in [-0.25, -0.2) is 0 Å². The van der Waals surface area contributed by atoms with Gasteiger partial charge >= 0.3 is 0 Å². The molecule has 1 aromatic carbocycles. The van der Waals surface area contributed by atoms with Crippen molar-refractivity contribution in [3.8, 4) is 0 Å². The summed E-state index contributed by atoms with van der Waals surface area (Å²) in [6.45, 7) is 2.22. The van der Waals surface area contributed by atoms with Crippen LogP contribution < -0.4 is 16.4 Å². The average molecular weight is 400 g/mol. The number of likely N-dealkylation sites (tertiary alicyclic amines) is 1. The first-order valence-electron chi connectivity index (χ1n) is 9.64. The predicted molar refractivity (Wildman–Crippen MR) is 102 cm³/mol. The number of hydrogen-bond donors (Lipinski definition) is 3. The number of amides is 4. The molecule has 9 heteroatoms. The molecule has 9 nitrogen and oxygen atoms in total. The Morgan fingerprint density at radius 1 is 1.28 bits per heavy atom. The quantitative estimate of drug-likeness (QED) is 0.559. The Kier molecular flexibility index (Phi) is 4.66. The van der Waals surface area contributed by atoms with E-state index in [0.717, 1.165) is 5.56 Å². The van der Waals surface area contributed by atoms with E-state index in [9.17, 15) is 19.2 Å². The maximum absolute atomic E-state index is 13.3. The Hall–Kier alpha value is -2.78. The Labute approximate surface area is 167 Å². The van der Waals surface area contributed by atoms with Crippen molar-refractivity contribution in [2.24, 2.45) is 17.6 Å². The molecule has 0 radical (unpaired) electrons. The van der Waals surface area contributed by atoms with E-state index in [2.05, 4.69) is 10.6 Å². The molecular formula is C20H24N4O5. The number of primary amides is 1. The summed E-state index contributed by atoms with van der Waals surface area (Å²) in [5.41, 5.74) is 6.16. The second-order valence-electron chi connectivity index (χ2n) is 7.84. The summed E-state index contributed by atoms with van der Waals surface area (Å²) >= 11 is 0. The maximum Gasteiger partial charge on any atom is 0.250 e. The number of rotatable bonds is 6. The summed E-state index contributed by atoms with van der Waals surface area (Å²) in [6, 6.07) is 4.99. The van der Waals surface area contributed by atoms with Gasteiger partial charge < -0.3 is 15.8 Å². The molecule has 2 unspecified atom stereocenters. The second kappa shape index (κ2) is 6.93. The van der Waals surface area contributed by atoms with E-state index < -0.39 is 35.2 Å². The fourth-order valence-corrected chi connectivity index (χ4v) is 4.98. The molecule has 3 aliphatic heterocycles. The topological polar surface area (TPSA) is 131 Å². The zero-order valence-electron chi connectivity index (χ0n) is 16.4. The Balaban J connectivity index is 1.81. The van der Waals surface area contributed by atoms with E-state index >= 15 is 0 Å². The highest BCUT2D eigenvalue weighted by Gasteiger charge is 2.70. The van der Waals surface area contributed by atoms with E-state index in [1.165, 1.54) is 12.0 Å². The van der Waals surface area contributed by atoms with Crippen LogP contribution in [0.1, 0.15) is 24.0 Å². The van der Waals surface area contributed by atoms with E-state index in [4.69, 9.17) is 10.5 Å². The molecule has 0 bridgehead atoms. The minimum atomic E-state index is -1.34. The van der Waals surface area contributed by atoms with Crippen molar-refractivity contribution < 1.29 is 23.9 Å². The van der Waals surface area contributed by atoms with Gasteiger partial charge in [-0.1, -0.05) is 18.2 Å². The smallest absolute Gasteiger partial charge is 0.250 e. The number of fused-ring (bicyclic) bond motifs is 4. The Morgan fingerprint density at radius 3 is 2.72 bits per heavy atom. The third kappa shape index (κ3) is 2.68. The van der Waals surface area contributed by atoms with Crippen LogP contribution in [-0.2, 0) is 29.5 Å². The van der Waals surface area contributed by atoms with Crippen LogP contribution in [0.5, 0.6) is 0 Å². The molecule has 4 rings (SSSR count). The summed E-state index contributed by atoms with van der Waals surface area (Å²) in [4.78, 5) is 52.2. The van der Waals surface area contributed by atoms with Crippen LogP contribution in [0.25, 0.3) is 0 Å². The van der Waals surface area contributed by atoms with Gasteiger partial charge in [0, 0.05) is 30.8 Å². The van der Waals surface area contributed by atoms with Crippen LogP contribution in [0, 0.1) is 18.8 Å². The maximum atomic E-state index is 13.3.